The standard InChI is InChI=1S/C20H27N3O6S/c1-4-10-22(15-9-11-30(27,28)13-15)17(24)12-23-18(25)20(2,21-19(23)26)14-5-7-16(29-3)8-6-14/h5-8,15H,4,9-13H2,1-3H3,(H,21,26)/t15-,20+/m1/s1. The van der Waals surface area contributed by atoms with Crippen molar-refractivity contribution < 1.29 is 27.5 Å². The maximum atomic E-state index is 13.1. The monoisotopic (exact) mass is 437 g/mol. The fourth-order valence-electron chi connectivity index (χ4n) is 3.96. The van der Waals surface area contributed by atoms with Crippen molar-refractivity contribution in [3.63, 3.8) is 0 Å². The number of benzene rings is 1. The van der Waals surface area contributed by atoms with Crippen LogP contribution in [0.5, 0.6) is 5.75 Å². The zero-order chi connectivity index (χ0) is 22.1. The summed E-state index contributed by atoms with van der Waals surface area (Å²) in [5.74, 6) is -0.373. The second-order valence-electron chi connectivity index (χ2n) is 7.82. The van der Waals surface area contributed by atoms with Gasteiger partial charge in [-0.05, 0) is 37.5 Å². The molecular formula is C20H27N3O6S. The molecule has 2 aliphatic rings. The van der Waals surface area contributed by atoms with E-state index in [1.54, 1.807) is 31.2 Å². The Bertz CT molecular complexity index is 946. The molecule has 0 aliphatic carbocycles. The van der Waals surface area contributed by atoms with E-state index in [0.717, 1.165) is 4.90 Å². The van der Waals surface area contributed by atoms with Crippen LogP contribution in [-0.2, 0) is 25.0 Å². The number of sulfone groups is 1. The minimum Gasteiger partial charge on any atom is -0.497 e. The number of ether oxygens (including phenoxy) is 1. The number of carbonyl (C=O) groups excluding carboxylic acids is 3. The van der Waals surface area contributed by atoms with Gasteiger partial charge in [-0.1, -0.05) is 19.1 Å². The summed E-state index contributed by atoms with van der Waals surface area (Å²) in [7, 11) is -1.63. The van der Waals surface area contributed by atoms with Crippen molar-refractivity contribution in [3.8, 4) is 5.75 Å². The minimum atomic E-state index is -3.17. The molecule has 30 heavy (non-hydrogen) atoms. The van der Waals surface area contributed by atoms with Crippen LogP contribution < -0.4 is 10.1 Å². The Labute approximate surface area is 176 Å². The third kappa shape index (κ3) is 4.14. The average Bonchev–Trinajstić information content (AvgIpc) is 3.17. The molecular weight excluding hydrogens is 410 g/mol. The van der Waals surface area contributed by atoms with E-state index in [1.165, 1.54) is 12.0 Å². The van der Waals surface area contributed by atoms with Crippen LogP contribution in [-0.4, -0.2) is 73.8 Å². The molecule has 2 fully saturated rings. The Morgan fingerprint density at radius 1 is 1.30 bits per heavy atom. The summed E-state index contributed by atoms with van der Waals surface area (Å²) in [5.41, 5.74) is -0.723. The molecule has 10 heteroatoms. The first-order valence-corrected chi connectivity index (χ1v) is 11.7. The van der Waals surface area contributed by atoms with E-state index in [4.69, 9.17) is 4.74 Å². The van der Waals surface area contributed by atoms with E-state index in [2.05, 4.69) is 5.32 Å². The number of rotatable bonds is 7. The highest BCUT2D eigenvalue weighted by molar-refractivity contribution is 7.91. The Hall–Kier alpha value is -2.62. The number of hydrogen-bond acceptors (Lipinski definition) is 6. The van der Waals surface area contributed by atoms with Gasteiger partial charge in [-0.3, -0.25) is 14.5 Å². The first kappa shape index (κ1) is 22.1. The topological polar surface area (TPSA) is 113 Å². The van der Waals surface area contributed by atoms with Crippen LogP contribution in [0.1, 0.15) is 32.3 Å². The lowest BCUT2D eigenvalue weighted by atomic mass is 9.92. The average molecular weight is 438 g/mol. The fraction of sp³-hybridized carbons (Fsp3) is 0.550. The first-order valence-electron chi connectivity index (χ1n) is 9.90. The number of amides is 4. The quantitative estimate of drug-likeness (QED) is 0.634. The summed E-state index contributed by atoms with van der Waals surface area (Å²) >= 11 is 0. The molecule has 0 bridgehead atoms. The van der Waals surface area contributed by atoms with Gasteiger partial charge >= 0.3 is 6.03 Å². The molecule has 0 aromatic heterocycles. The molecule has 1 N–H and O–H groups in total. The lowest BCUT2D eigenvalue weighted by molar-refractivity contribution is -0.140. The molecule has 1 aromatic carbocycles. The lowest BCUT2D eigenvalue weighted by Crippen LogP contribution is -2.48. The van der Waals surface area contributed by atoms with Crippen LogP contribution in [0.25, 0.3) is 0 Å². The third-order valence-corrected chi connectivity index (χ3v) is 7.42. The van der Waals surface area contributed by atoms with Crippen molar-refractivity contribution >= 4 is 27.7 Å². The van der Waals surface area contributed by atoms with Gasteiger partial charge in [0.25, 0.3) is 5.91 Å². The maximum absolute atomic E-state index is 13.1. The Balaban J connectivity index is 1.77. The third-order valence-electron chi connectivity index (χ3n) is 5.67. The first-order chi connectivity index (χ1) is 14.1. The maximum Gasteiger partial charge on any atom is 0.325 e. The van der Waals surface area contributed by atoms with Crippen LogP contribution >= 0.6 is 0 Å². The molecule has 4 amide bonds. The van der Waals surface area contributed by atoms with Gasteiger partial charge in [0.1, 0.15) is 17.8 Å². The second kappa shape index (κ2) is 8.25. The van der Waals surface area contributed by atoms with Gasteiger partial charge < -0.3 is 15.0 Å². The molecule has 164 valence electrons. The fourth-order valence-corrected chi connectivity index (χ4v) is 5.69. The molecule has 0 saturated carbocycles. The molecule has 2 saturated heterocycles. The molecule has 9 nitrogen and oxygen atoms in total. The van der Waals surface area contributed by atoms with Crippen molar-refractivity contribution in [1.82, 2.24) is 15.1 Å². The van der Waals surface area contributed by atoms with Crippen LogP contribution in [0, 0.1) is 0 Å². The van der Waals surface area contributed by atoms with Gasteiger partial charge in [0, 0.05) is 12.6 Å². The molecule has 0 unspecified atom stereocenters. The van der Waals surface area contributed by atoms with Gasteiger partial charge in [-0.2, -0.15) is 0 Å². The summed E-state index contributed by atoms with van der Waals surface area (Å²) in [6.45, 7) is 3.43. The normalized spacial score (nSPS) is 25.3. The van der Waals surface area contributed by atoms with Crippen LogP contribution in [0.2, 0.25) is 0 Å². The molecule has 3 rings (SSSR count). The number of nitrogens with zero attached hydrogens (tertiary/aromatic N) is 2. The van der Waals surface area contributed by atoms with Gasteiger partial charge in [0.15, 0.2) is 9.84 Å². The van der Waals surface area contributed by atoms with Crippen molar-refractivity contribution in [3.05, 3.63) is 29.8 Å². The van der Waals surface area contributed by atoms with Crippen molar-refractivity contribution in [2.75, 3.05) is 31.7 Å². The number of imide groups is 1. The molecule has 1 aromatic rings. The van der Waals surface area contributed by atoms with E-state index in [1.807, 2.05) is 6.92 Å². The number of hydrogen-bond donors (Lipinski definition) is 1. The smallest absolute Gasteiger partial charge is 0.325 e. The molecule has 2 atom stereocenters. The van der Waals surface area contributed by atoms with Crippen LogP contribution in [0.4, 0.5) is 4.79 Å². The lowest BCUT2D eigenvalue weighted by Gasteiger charge is -2.29. The van der Waals surface area contributed by atoms with Crippen LogP contribution in [0.3, 0.4) is 0 Å². The van der Waals surface area contributed by atoms with Gasteiger partial charge in [0.2, 0.25) is 5.91 Å². The Kier molecular flexibility index (Phi) is 6.07. The van der Waals surface area contributed by atoms with Crippen molar-refractivity contribution in [1.29, 1.82) is 0 Å². The van der Waals surface area contributed by atoms with Gasteiger partial charge in [0.05, 0.1) is 18.6 Å². The Morgan fingerprint density at radius 3 is 2.50 bits per heavy atom. The van der Waals surface area contributed by atoms with E-state index in [9.17, 15) is 22.8 Å². The largest absolute Gasteiger partial charge is 0.497 e. The van der Waals surface area contributed by atoms with E-state index in [0.29, 0.717) is 30.7 Å². The Morgan fingerprint density at radius 2 is 1.97 bits per heavy atom. The number of methoxy groups -OCH3 is 1. The minimum absolute atomic E-state index is 0.0455. The predicted molar refractivity (Wildman–Crippen MR) is 110 cm³/mol. The summed E-state index contributed by atoms with van der Waals surface area (Å²) in [6.07, 6.45) is 1.02. The molecule has 2 aliphatic heterocycles. The summed E-state index contributed by atoms with van der Waals surface area (Å²) in [6, 6.07) is 5.69. The van der Waals surface area contributed by atoms with Crippen molar-refractivity contribution in [2.24, 2.45) is 0 Å². The molecule has 0 spiro atoms. The van der Waals surface area contributed by atoms with E-state index < -0.39 is 45.8 Å². The summed E-state index contributed by atoms with van der Waals surface area (Å²) in [5, 5.41) is 2.67. The predicted octanol–water partition coefficient (Wildman–Crippen LogP) is 0.888. The SMILES string of the molecule is CCCN(C(=O)CN1C(=O)N[C@@](C)(c2ccc(OC)cc2)C1=O)[C@@H]1CCS(=O)(=O)C1. The van der Waals surface area contributed by atoms with E-state index in [-0.39, 0.29) is 11.5 Å². The van der Waals surface area contributed by atoms with Gasteiger partial charge in [-0.15, -0.1) is 0 Å². The van der Waals surface area contributed by atoms with E-state index >= 15 is 0 Å². The molecule has 2 heterocycles. The summed E-state index contributed by atoms with van der Waals surface area (Å²) < 4.78 is 28.8. The zero-order valence-electron chi connectivity index (χ0n) is 17.4. The zero-order valence-corrected chi connectivity index (χ0v) is 18.2. The van der Waals surface area contributed by atoms with Crippen molar-refractivity contribution in [2.45, 2.75) is 38.3 Å². The summed E-state index contributed by atoms with van der Waals surface area (Å²) in [4.78, 5) is 41.0. The number of nitrogens with one attached hydrogen (secondary N) is 1. The highest BCUT2D eigenvalue weighted by Crippen LogP contribution is 2.30. The highest BCUT2D eigenvalue weighted by atomic mass is 32.2. The highest BCUT2D eigenvalue weighted by Gasteiger charge is 2.50. The second-order valence-corrected chi connectivity index (χ2v) is 10.0. The number of carbonyl (C=O) groups is 3. The van der Waals surface area contributed by atoms with Gasteiger partial charge in [-0.25, -0.2) is 13.2 Å². The number of urea groups is 1. The molecule has 0 radical (unpaired) electrons. The van der Waals surface area contributed by atoms with Crippen LogP contribution in [0.15, 0.2) is 24.3 Å².